The molecular formula is C26H26FN3O4. The Balaban J connectivity index is 1.35. The van der Waals surface area contributed by atoms with Crippen LogP contribution in [0.1, 0.15) is 16.8 Å². The van der Waals surface area contributed by atoms with Crippen molar-refractivity contribution in [2.45, 2.75) is 6.42 Å². The fourth-order valence-electron chi connectivity index (χ4n) is 3.42. The molecule has 1 aromatic heterocycles. The molecule has 1 amide bonds. The van der Waals surface area contributed by atoms with Gasteiger partial charge in [0.2, 0.25) is 0 Å². The number of ether oxygens (including phenoxy) is 3. The zero-order valence-electron chi connectivity index (χ0n) is 18.9. The number of nitrogens with one attached hydrogen (secondary N) is 1. The molecule has 0 aliphatic heterocycles. The van der Waals surface area contributed by atoms with Gasteiger partial charge in [-0.3, -0.25) is 9.36 Å². The third kappa shape index (κ3) is 5.90. The van der Waals surface area contributed by atoms with E-state index >= 15 is 0 Å². The number of fused-ring (bicyclic) bond motifs is 1. The van der Waals surface area contributed by atoms with E-state index < -0.39 is 0 Å². The number of hydrogen-bond donors (Lipinski definition) is 1. The van der Waals surface area contributed by atoms with Crippen LogP contribution in [-0.2, 0) is 4.74 Å². The molecule has 1 N–H and O–H groups in total. The van der Waals surface area contributed by atoms with E-state index in [9.17, 15) is 9.18 Å². The Bertz CT molecular complexity index is 1240. The maximum absolute atomic E-state index is 12.9. The van der Waals surface area contributed by atoms with Gasteiger partial charge in [-0.05, 0) is 54.6 Å². The molecule has 176 valence electrons. The van der Waals surface area contributed by atoms with Crippen LogP contribution in [0.4, 0.5) is 4.39 Å². The van der Waals surface area contributed by atoms with E-state index in [1.807, 2.05) is 34.9 Å². The van der Waals surface area contributed by atoms with Gasteiger partial charge >= 0.3 is 0 Å². The van der Waals surface area contributed by atoms with Crippen molar-refractivity contribution < 1.29 is 23.4 Å². The normalized spacial score (nSPS) is 10.9. The van der Waals surface area contributed by atoms with Gasteiger partial charge in [-0.2, -0.15) is 0 Å². The molecule has 0 saturated carbocycles. The standard InChI is InChI=1S/C26H26FN3O4/c1-32-15-12-28-26(31)19-6-11-25-24(16-19)29-18-30(25)21-4-2-5-23(17-21)34-14-3-13-33-22-9-7-20(27)8-10-22/h2,4-11,16-18H,3,12-15H2,1H3,(H,28,31). The smallest absolute Gasteiger partial charge is 0.251 e. The first-order valence-electron chi connectivity index (χ1n) is 11.0. The Hall–Kier alpha value is -3.91. The molecular weight excluding hydrogens is 437 g/mol. The van der Waals surface area contributed by atoms with Crippen molar-refractivity contribution in [2.75, 3.05) is 33.5 Å². The predicted molar refractivity (Wildman–Crippen MR) is 127 cm³/mol. The minimum atomic E-state index is -0.287. The number of amides is 1. The zero-order chi connectivity index (χ0) is 23.8. The minimum absolute atomic E-state index is 0.160. The molecule has 4 aromatic rings. The number of benzene rings is 3. The minimum Gasteiger partial charge on any atom is -0.493 e. The topological polar surface area (TPSA) is 74.6 Å². The average molecular weight is 464 g/mol. The summed E-state index contributed by atoms with van der Waals surface area (Å²) in [5.74, 6) is 0.915. The highest BCUT2D eigenvalue weighted by Crippen LogP contribution is 2.23. The first kappa shape index (κ1) is 23.3. The Morgan fingerprint density at radius 3 is 2.56 bits per heavy atom. The highest BCUT2D eigenvalue weighted by Gasteiger charge is 2.10. The van der Waals surface area contributed by atoms with E-state index in [0.717, 1.165) is 22.5 Å². The number of carbonyl (C=O) groups excluding carboxylic acids is 1. The second-order valence-electron chi connectivity index (χ2n) is 7.57. The quantitative estimate of drug-likeness (QED) is 0.334. The monoisotopic (exact) mass is 463 g/mol. The summed E-state index contributed by atoms with van der Waals surface area (Å²) in [6, 6.07) is 19.1. The molecule has 4 rings (SSSR count). The van der Waals surface area contributed by atoms with Crippen LogP contribution in [0.3, 0.4) is 0 Å². The van der Waals surface area contributed by atoms with Crippen LogP contribution in [0, 0.1) is 5.82 Å². The Morgan fingerprint density at radius 2 is 1.76 bits per heavy atom. The number of rotatable bonds is 11. The van der Waals surface area contributed by atoms with E-state index in [0.29, 0.717) is 44.1 Å². The van der Waals surface area contributed by atoms with Gasteiger partial charge in [0.1, 0.15) is 23.6 Å². The lowest BCUT2D eigenvalue weighted by atomic mass is 10.2. The molecule has 8 heteroatoms. The molecule has 0 fully saturated rings. The molecule has 3 aromatic carbocycles. The fraction of sp³-hybridized carbons (Fsp3) is 0.231. The molecule has 0 radical (unpaired) electrons. The lowest BCUT2D eigenvalue weighted by Gasteiger charge is -2.10. The number of methoxy groups -OCH3 is 1. The molecule has 0 saturated heterocycles. The van der Waals surface area contributed by atoms with Crippen LogP contribution in [0.25, 0.3) is 16.7 Å². The van der Waals surface area contributed by atoms with Gasteiger partial charge in [-0.1, -0.05) is 6.07 Å². The van der Waals surface area contributed by atoms with Crippen LogP contribution in [0.5, 0.6) is 11.5 Å². The third-order valence-corrected chi connectivity index (χ3v) is 5.14. The number of aromatic nitrogens is 2. The van der Waals surface area contributed by atoms with Crippen LogP contribution in [0.15, 0.2) is 73.1 Å². The summed E-state index contributed by atoms with van der Waals surface area (Å²) in [5.41, 5.74) is 3.07. The zero-order valence-corrected chi connectivity index (χ0v) is 18.9. The molecule has 0 bridgehead atoms. The summed E-state index contributed by atoms with van der Waals surface area (Å²) in [6.07, 6.45) is 2.41. The molecule has 1 heterocycles. The van der Waals surface area contributed by atoms with Crippen molar-refractivity contribution in [1.82, 2.24) is 14.9 Å². The van der Waals surface area contributed by atoms with Crippen molar-refractivity contribution in [2.24, 2.45) is 0 Å². The second kappa shape index (κ2) is 11.3. The van der Waals surface area contributed by atoms with Crippen LogP contribution < -0.4 is 14.8 Å². The number of carbonyl (C=O) groups is 1. The van der Waals surface area contributed by atoms with Crippen molar-refractivity contribution in [3.8, 4) is 17.2 Å². The molecule has 0 atom stereocenters. The summed E-state index contributed by atoms with van der Waals surface area (Å²) in [6.45, 7) is 1.87. The molecule has 34 heavy (non-hydrogen) atoms. The van der Waals surface area contributed by atoms with Crippen molar-refractivity contribution in [3.05, 3.63) is 84.4 Å². The summed E-state index contributed by atoms with van der Waals surface area (Å²) in [5, 5.41) is 2.81. The lowest BCUT2D eigenvalue weighted by Crippen LogP contribution is -2.26. The maximum Gasteiger partial charge on any atom is 0.251 e. The highest BCUT2D eigenvalue weighted by molar-refractivity contribution is 5.97. The second-order valence-corrected chi connectivity index (χ2v) is 7.57. The van der Waals surface area contributed by atoms with Crippen molar-refractivity contribution >= 4 is 16.9 Å². The van der Waals surface area contributed by atoms with E-state index in [1.165, 1.54) is 12.1 Å². The Morgan fingerprint density at radius 1 is 0.971 bits per heavy atom. The third-order valence-electron chi connectivity index (χ3n) is 5.14. The predicted octanol–water partition coefficient (Wildman–Crippen LogP) is 4.39. The van der Waals surface area contributed by atoms with Crippen LogP contribution in [-0.4, -0.2) is 48.9 Å². The van der Waals surface area contributed by atoms with Crippen LogP contribution >= 0.6 is 0 Å². The first-order valence-corrected chi connectivity index (χ1v) is 11.0. The van der Waals surface area contributed by atoms with Gasteiger partial charge in [0, 0.05) is 31.7 Å². The van der Waals surface area contributed by atoms with E-state index in [-0.39, 0.29) is 11.7 Å². The molecule has 0 spiro atoms. The summed E-state index contributed by atoms with van der Waals surface area (Å²) < 4.78 is 31.3. The lowest BCUT2D eigenvalue weighted by molar-refractivity contribution is 0.0937. The summed E-state index contributed by atoms with van der Waals surface area (Å²) in [4.78, 5) is 16.7. The number of halogens is 1. The highest BCUT2D eigenvalue weighted by atomic mass is 19.1. The Kier molecular flexibility index (Phi) is 7.72. The molecule has 7 nitrogen and oxygen atoms in total. The SMILES string of the molecule is COCCNC(=O)c1ccc2c(c1)ncn2-c1cccc(OCCCOc2ccc(F)cc2)c1. The van der Waals surface area contributed by atoms with Crippen LogP contribution in [0.2, 0.25) is 0 Å². The Labute approximate surface area is 197 Å². The fourth-order valence-corrected chi connectivity index (χ4v) is 3.42. The van der Waals surface area contributed by atoms with Crippen molar-refractivity contribution in [1.29, 1.82) is 0 Å². The average Bonchev–Trinajstić information content (AvgIpc) is 3.29. The van der Waals surface area contributed by atoms with E-state index in [1.54, 1.807) is 37.7 Å². The largest absolute Gasteiger partial charge is 0.493 e. The van der Waals surface area contributed by atoms with Gasteiger partial charge in [0.15, 0.2) is 0 Å². The summed E-state index contributed by atoms with van der Waals surface area (Å²) >= 11 is 0. The number of nitrogens with zero attached hydrogens (tertiary/aromatic N) is 2. The molecule has 0 aliphatic carbocycles. The van der Waals surface area contributed by atoms with Crippen molar-refractivity contribution in [3.63, 3.8) is 0 Å². The first-order chi connectivity index (χ1) is 16.6. The van der Waals surface area contributed by atoms with Gasteiger partial charge in [0.25, 0.3) is 5.91 Å². The van der Waals surface area contributed by atoms with E-state index in [4.69, 9.17) is 14.2 Å². The summed E-state index contributed by atoms with van der Waals surface area (Å²) in [7, 11) is 1.59. The van der Waals surface area contributed by atoms with Gasteiger partial charge in [-0.25, -0.2) is 9.37 Å². The van der Waals surface area contributed by atoms with Gasteiger partial charge in [0.05, 0.1) is 36.5 Å². The van der Waals surface area contributed by atoms with E-state index in [2.05, 4.69) is 10.3 Å². The molecule has 0 aliphatic rings. The number of hydrogen-bond acceptors (Lipinski definition) is 5. The maximum atomic E-state index is 12.9. The molecule has 0 unspecified atom stereocenters. The van der Waals surface area contributed by atoms with Gasteiger partial charge < -0.3 is 19.5 Å². The number of imidazole rings is 1. The van der Waals surface area contributed by atoms with Gasteiger partial charge in [-0.15, -0.1) is 0 Å².